The SMILES string of the molecule is COC(=O)c1c(NC(=O)c2ccc(COc3ccc(Cl)c(C)c3)o2)c(C)nn1C. The minimum Gasteiger partial charge on any atom is -0.486 e. The average Bonchev–Trinajstić information content (AvgIpc) is 3.27. The number of halogens is 1. The van der Waals surface area contributed by atoms with Crippen LogP contribution >= 0.6 is 11.6 Å². The van der Waals surface area contributed by atoms with E-state index in [-0.39, 0.29) is 23.7 Å². The summed E-state index contributed by atoms with van der Waals surface area (Å²) < 4.78 is 17.3. The van der Waals surface area contributed by atoms with Crippen LogP contribution in [0.5, 0.6) is 5.75 Å². The van der Waals surface area contributed by atoms with Crippen molar-refractivity contribution in [1.82, 2.24) is 9.78 Å². The number of nitrogens with zero attached hydrogens (tertiary/aromatic N) is 2. The highest BCUT2D eigenvalue weighted by Gasteiger charge is 2.23. The minimum absolute atomic E-state index is 0.0787. The van der Waals surface area contributed by atoms with Gasteiger partial charge in [0.05, 0.1) is 18.5 Å². The normalized spacial score (nSPS) is 10.7. The highest BCUT2D eigenvalue weighted by Crippen LogP contribution is 2.24. The summed E-state index contributed by atoms with van der Waals surface area (Å²) >= 11 is 6.00. The van der Waals surface area contributed by atoms with Gasteiger partial charge in [-0.2, -0.15) is 5.10 Å². The van der Waals surface area contributed by atoms with Gasteiger partial charge in [-0.3, -0.25) is 9.48 Å². The Labute approximate surface area is 172 Å². The van der Waals surface area contributed by atoms with Gasteiger partial charge < -0.3 is 19.2 Å². The average molecular weight is 418 g/mol. The number of hydrogen-bond acceptors (Lipinski definition) is 6. The lowest BCUT2D eigenvalue weighted by molar-refractivity contribution is 0.0589. The summed E-state index contributed by atoms with van der Waals surface area (Å²) in [4.78, 5) is 24.5. The number of ether oxygens (including phenoxy) is 2. The Morgan fingerprint density at radius 1 is 1.24 bits per heavy atom. The molecule has 9 heteroatoms. The number of anilines is 1. The number of furan rings is 1. The monoisotopic (exact) mass is 417 g/mol. The van der Waals surface area contributed by atoms with Crippen LogP contribution in [0.2, 0.25) is 5.02 Å². The number of benzene rings is 1. The number of rotatable bonds is 6. The maximum absolute atomic E-state index is 12.6. The number of methoxy groups -OCH3 is 1. The van der Waals surface area contributed by atoms with Gasteiger partial charge in [0.2, 0.25) is 0 Å². The molecule has 0 aliphatic heterocycles. The van der Waals surface area contributed by atoms with Crippen molar-refractivity contribution >= 4 is 29.2 Å². The molecule has 0 radical (unpaired) electrons. The maximum atomic E-state index is 12.6. The summed E-state index contributed by atoms with van der Waals surface area (Å²) in [6.07, 6.45) is 0. The van der Waals surface area contributed by atoms with Crippen molar-refractivity contribution < 1.29 is 23.5 Å². The molecule has 0 aliphatic rings. The van der Waals surface area contributed by atoms with E-state index >= 15 is 0 Å². The van der Waals surface area contributed by atoms with Crippen LogP contribution in [0.3, 0.4) is 0 Å². The zero-order valence-electron chi connectivity index (χ0n) is 16.4. The van der Waals surface area contributed by atoms with Gasteiger partial charge in [-0.25, -0.2) is 4.79 Å². The second-order valence-corrected chi connectivity index (χ2v) is 6.75. The van der Waals surface area contributed by atoms with Crippen molar-refractivity contribution in [3.05, 3.63) is 63.8 Å². The third-order valence-corrected chi connectivity index (χ3v) is 4.66. The molecule has 0 unspecified atom stereocenters. The molecule has 2 heterocycles. The van der Waals surface area contributed by atoms with Crippen molar-refractivity contribution in [2.75, 3.05) is 12.4 Å². The largest absolute Gasteiger partial charge is 0.486 e. The Kier molecular flexibility index (Phi) is 5.93. The summed E-state index contributed by atoms with van der Waals surface area (Å²) in [7, 11) is 2.85. The lowest BCUT2D eigenvalue weighted by Gasteiger charge is -2.07. The van der Waals surface area contributed by atoms with Gasteiger partial charge in [-0.05, 0) is 49.7 Å². The van der Waals surface area contributed by atoms with E-state index in [9.17, 15) is 9.59 Å². The first-order valence-electron chi connectivity index (χ1n) is 8.71. The fourth-order valence-corrected chi connectivity index (χ4v) is 2.87. The van der Waals surface area contributed by atoms with Crippen molar-refractivity contribution in [2.45, 2.75) is 20.5 Å². The van der Waals surface area contributed by atoms with Crippen molar-refractivity contribution in [2.24, 2.45) is 7.05 Å². The Morgan fingerprint density at radius 3 is 2.69 bits per heavy atom. The molecule has 2 aromatic heterocycles. The van der Waals surface area contributed by atoms with E-state index in [2.05, 4.69) is 10.4 Å². The predicted octanol–water partition coefficient (Wildman–Crippen LogP) is 3.90. The molecular formula is C20H20ClN3O5. The number of amides is 1. The Morgan fingerprint density at radius 2 is 2.00 bits per heavy atom. The van der Waals surface area contributed by atoms with Gasteiger partial charge in [0.25, 0.3) is 5.91 Å². The van der Waals surface area contributed by atoms with Gasteiger partial charge in [-0.1, -0.05) is 11.6 Å². The van der Waals surface area contributed by atoms with Gasteiger partial charge in [0.1, 0.15) is 18.1 Å². The molecule has 1 amide bonds. The van der Waals surface area contributed by atoms with E-state index in [1.807, 2.05) is 13.0 Å². The summed E-state index contributed by atoms with van der Waals surface area (Å²) in [6.45, 7) is 3.71. The topological polar surface area (TPSA) is 95.6 Å². The van der Waals surface area contributed by atoms with Crippen LogP contribution in [0.15, 0.2) is 34.7 Å². The van der Waals surface area contributed by atoms with E-state index in [1.54, 1.807) is 32.2 Å². The summed E-state index contributed by atoms with van der Waals surface area (Å²) in [5, 5.41) is 7.47. The van der Waals surface area contributed by atoms with E-state index < -0.39 is 11.9 Å². The van der Waals surface area contributed by atoms with Crippen LogP contribution in [0.1, 0.15) is 38.1 Å². The molecule has 0 saturated carbocycles. The number of nitrogens with one attached hydrogen (secondary N) is 1. The lowest BCUT2D eigenvalue weighted by atomic mass is 10.2. The predicted molar refractivity (Wildman–Crippen MR) is 106 cm³/mol. The fourth-order valence-electron chi connectivity index (χ4n) is 2.75. The van der Waals surface area contributed by atoms with E-state index in [4.69, 9.17) is 25.5 Å². The highest BCUT2D eigenvalue weighted by molar-refractivity contribution is 6.31. The molecule has 3 rings (SSSR count). The van der Waals surface area contributed by atoms with Crippen LogP contribution in [0, 0.1) is 13.8 Å². The molecule has 29 heavy (non-hydrogen) atoms. The number of aryl methyl sites for hydroxylation is 3. The molecule has 0 spiro atoms. The Hall–Kier alpha value is -3.26. The molecule has 1 N–H and O–H groups in total. The van der Waals surface area contributed by atoms with E-state index in [0.717, 1.165) is 5.56 Å². The quantitative estimate of drug-likeness (QED) is 0.611. The van der Waals surface area contributed by atoms with Gasteiger partial charge in [-0.15, -0.1) is 0 Å². The second-order valence-electron chi connectivity index (χ2n) is 6.34. The standard InChI is InChI=1S/C20H20ClN3O5/c1-11-9-13(5-7-15(11)21)28-10-14-6-8-16(29-14)19(25)22-17-12(2)23-24(3)18(17)20(26)27-4/h5-9H,10H2,1-4H3,(H,22,25). The first kappa shape index (κ1) is 20.5. The zero-order valence-corrected chi connectivity index (χ0v) is 17.2. The number of hydrogen-bond donors (Lipinski definition) is 1. The summed E-state index contributed by atoms with van der Waals surface area (Å²) in [6, 6.07) is 8.51. The molecule has 0 bridgehead atoms. The molecule has 0 fully saturated rings. The second kappa shape index (κ2) is 8.40. The Bertz CT molecular complexity index is 1070. The zero-order chi connectivity index (χ0) is 21.1. The van der Waals surface area contributed by atoms with Gasteiger partial charge in [0.15, 0.2) is 11.5 Å². The molecular weight excluding hydrogens is 398 g/mol. The minimum atomic E-state index is -0.602. The number of carbonyl (C=O) groups is 2. The molecule has 0 atom stereocenters. The van der Waals surface area contributed by atoms with Gasteiger partial charge >= 0.3 is 5.97 Å². The molecule has 1 aromatic carbocycles. The smallest absolute Gasteiger partial charge is 0.358 e. The van der Waals surface area contributed by atoms with Crippen molar-refractivity contribution in [3.8, 4) is 5.75 Å². The van der Waals surface area contributed by atoms with E-state index in [0.29, 0.717) is 22.2 Å². The first-order chi connectivity index (χ1) is 13.8. The number of carbonyl (C=O) groups excluding carboxylic acids is 2. The van der Waals surface area contributed by atoms with Crippen LogP contribution in [-0.4, -0.2) is 28.8 Å². The fraction of sp³-hybridized carbons (Fsp3) is 0.250. The molecule has 0 aliphatic carbocycles. The van der Waals surface area contributed by atoms with Crippen LogP contribution < -0.4 is 10.1 Å². The van der Waals surface area contributed by atoms with Crippen molar-refractivity contribution in [1.29, 1.82) is 0 Å². The van der Waals surface area contributed by atoms with Crippen LogP contribution in [0.25, 0.3) is 0 Å². The third-order valence-electron chi connectivity index (χ3n) is 4.24. The number of esters is 1. The molecule has 8 nitrogen and oxygen atoms in total. The van der Waals surface area contributed by atoms with Gasteiger partial charge in [0, 0.05) is 12.1 Å². The van der Waals surface area contributed by atoms with Crippen LogP contribution in [-0.2, 0) is 18.4 Å². The summed E-state index contributed by atoms with van der Waals surface area (Å²) in [5.74, 6) is 0.0758. The van der Waals surface area contributed by atoms with Crippen LogP contribution in [0.4, 0.5) is 5.69 Å². The van der Waals surface area contributed by atoms with Crippen molar-refractivity contribution in [3.63, 3.8) is 0 Å². The Balaban J connectivity index is 1.70. The molecule has 0 saturated heterocycles. The molecule has 152 valence electrons. The maximum Gasteiger partial charge on any atom is 0.358 e. The molecule has 3 aromatic rings. The summed E-state index contributed by atoms with van der Waals surface area (Å²) in [5.41, 5.74) is 1.80. The van der Waals surface area contributed by atoms with E-state index in [1.165, 1.54) is 17.9 Å². The lowest BCUT2D eigenvalue weighted by Crippen LogP contribution is -2.16. The first-order valence-corrected chi connectivity index (χ1v) is 9.09. The third kappa shape index (κ3) is 4.43. The highest BCUT2D eigenvalue weighted by atomic mass is 35.5. The number of aromatic nitrogens is 2.